The van der Waals surface area contributed by atoms with E-state index in [0.29, 0.717) is 6.42 Å². The van der Waals surface area contributed by atoms with E-state index in [1.165, 1.54) is 0 Å². The Bertz CT molecular complexity index is 805. The number of carbonyl (C=O) groups is 4. The van der Waals surface area contributed by atoms with E-state index in [1.807, 2.05) is 0 Å². The first-order valence-electron chi connectivity index (χ1n) is 9.66. The Morgan fingerprint density at radius 3 is 2.26 bits per heavy atom. The van der Waals surface area contributed by atoms with Gasteiger partial charge >= 0.3 is 11.9 Å². The third-order valence-electron chi connectivity index (χ3n) is 5.41. The highest BCUT2D eigenvalue weighted by Crippen LogP contribution is 2.27. The van der Waals surface area contributed by atoms with E-state index >= 15 is 0 Å². The van der Waals surface area contributed by atoms with Gasteiger partial charge < -0.3 is 26.2 Å². The number of hydrogen-bond acceptors (Lipinski definition) is 8. The van der Waals surface area contributed by atoms with Crippen molar-refractivity contribution in [1.82, 2.24) is 10.2 Å². The minimum Gasteiger partial charge on any atom is -0.481 e. The Kier molecular flexibility index (Phi) is 9.72. The molecule has 1 fully saturated rings. The number of amides is 2. The molecule has 2 amide bonds. The molecular formula is C17H29N3O9S2. The van der Waals surface area contributed by atoms with E-state index in [-0.39, 0.29) is 19.4 Å². The number of carboxylic acid groups (broad SMARTS) is 2. The molecule has 0 aromatic heterocycles. The number of nitrogens with one attached hydrogen (secondary N) is 1. The lowest BCUT2D eigenvalue weighted by Crippen LogP contribution is -2.57. The van der Waals surface area contributed by atoms with Gasteiger partial charge in [0.1, 0.15) is 12.1 Å². The highest BCUT2D eigenvalue weighted by molar-refractivity contribution is 7.85. The van der Waals surface area contributed by atoms with Crippen molar-refractivity contribution in [1.29, 1.82) is 0 Å². The van der Waals surface area contributed by atoms with E-state index in [1.54, 1.807) is 13.8 Å². The standard InChI is InChI=1S/C17H29N3O9S2/c1-3-8(2)11(19-14(21)13(30)10(18)5-7-31(27,28)29)15(22)20-6-4-9(16(23)24)12(20)17(25)26/h8-13,30H,3-7,18H2,1-2H3,(H,19,21)(H,23,24)(H,25,26)(H,27,28,29)/t8-,9+,10+,11-,12-,13-/m0/s1. The molecule has 12 nitrogen and oxygen atoms in total. The molecule has 0 spiro atoms. The van der Waals surface area contributed by atoms with Gasteiger partial charge in [0, 0.05) is 12.6 Å². The molecule has 31 heavy (non-hydrogen) atoms. The maximum Gasteiger partial charge on any atom is 0.327 e. The molecular weight excluding hydrogens is 454 g/mol. The van der Waals surface area contributed by atoms with E-state index in [2.05, 4.69) is 17.9 Å². The van der Waals surface area contributed by atoms with E-state index in [9.17, 15) is 37.8 Å². The topological polar surface area (TPSA) is 204 Å². The van der Waals surface area contributed by atoms with Crippen LogP contribution in [-0.4, -0.2) is 87.5 Å². The number of carboxylic acids is 2. The first-order chi connectivity index (χ1) is 14.2. The monoisotopic (exact) mass is 483 g/mol. The number of rotatable bonds is 11. The van der Waals surface area contributed by atoms with E-state index in [4.69, 9.17) is 10.3 Å². The predicted molar refractivity (Wildman–Crippen MR) is 112 cm³/mol. The van der Waals surface area contributed by atoms with Gasteiger partial charge in [-0.05, 0) is 18.8 Å². The Morgan fingerprint density at radius 2 is 1.81 bits per heavy atom. The van der Waals surface area contributed by atoms with Gasteiger partial charge in [-0.25, -0.2) is 4.79 Å². The van der Waals surface area contributed by atoms with Crippen LogP contribution < -0.4 is 11.1 Å². The lowest BCUT2D eigenvalue weighted by Gasteiger charge is -2.32. The largest absolute Gasteiger partial charge is 0.481 e. The van der Waals surface area contributed by atoms with Crippen LogP contribution in [0.15, 0.2) is 0 Å². The summed E-state index contributed by atoms with van der Waals surface area (Å²) in [6.45, 7) is 3.33. The average molecular weight is 484 g/mol. The Labute approximate surface area is 185 Å². The summed E-state index contributed by atoms with van der Waals surface area (Å²) < 4.78 is 30.5. The van der Waals surface area contributed by atoms with Crippen LogP contribution in [0.1, 0.15) is 33.1 Å². The van der Waals surface area contributed by atoms with Crippen LogP contribution in [0, 0.1) is 11.8 Å². The van der Waals surface area contributed by atoms with Crippen LogP contribution in [0.3, 0.4) is 0 Å². The second-order valence-electron chi connectivity index (χ2n) is 7.60. The molecule has 0 radical (unpaired) electrons. The van der Waals surface area contributed by atoms with Gasteiger partial charge in [-0.3, -0.25) is 18.9 Å². The number of hydrogen-bond donors (Lipinski definition) is 6. The van der Waals surface area contributed by atoms with Gasteiger partial charge in [0.2, 0.25) is 11.8 Å². The van der Waals surface area contributed by atoms with Crippen molar-refractivity contribution in [3.8, 4) is 0 Å². The molecule has 1 saturated heterocycles. The smallest absolute Gasteiger partial charge is 0.327 e. The zero-order chi connectivity index (χ0) is 24.1. The van der Waals surface area contributed by atoms with Crippen molar-refractivity contribution >= 4 is 46.5 Å². The summed E-state index contributed by atoms with van der Waals surface area (Å²) in [4.78, 5) is 49.6. The quantitative estimate of drug-likeness (QED) is 0.153. The SMILES string of the molecule is CC[C@H](C)[C@H](NC(=O)[C@@H](S)[C@H](N)CCS(=O)(=O)O)C(=O)N1CC[C@@H](C(=O)O)[C@H]1C(=O)O. The van der Waals surface area contributed by atoms with Gasteiger partial charge in [-0.1, -0.05) is 20.3 Å². The molecule has 1 rings (SSSR count). The van der Waals surface area contributed by atoms with Crippen molar-refractivity contribution in [3.63, 3.8) is 0 Å². The van der Waals surface area contributed by atoms with Crippen LogP contribution >= 0.6 is 12.6 Å². The number of nitrogens with zero attached hydrogens (tertiary/aromatic N) is 1. The van der Waals surface area contributed by atoms with E-state index < -0.39 is 74.8 Å². The molecule has 0 aliphatic carbocycles. The second kappa shape index (κ2) is 11.1. The normalized spacial score (nSPS) is 22.9. The zero-order valence-electron chi connectivity index (χ0n) is 17.2. The van der Waals surface area contributed by atoms with E-state index in [0.717, 1.165) is 4.90 Å². The summed E-state index contributed by atoms with van der Waals surface area (Å²) >= 11 is 4.08. The minimum absolute atomic E-state index is 0.0328. The van der Waals surface area contributed by atoms with Crippen molar-refractivity contribution in [2.45, 2.75) is 56.5 Å². The molecule has 14 heteroatoms. The van der Waals surface area contributed by atoms with Crippen LogP contribution in [0.2, 0.25) is 0 Å². The lowest BCUT2D eigenvalue weighted by molar-refractivity contribution is -0.156. The number of carbonyl (C=O) groups excluding carboxylic acids is 2. The fraction of sp³-hybridized carbons (Fsp3) is 0.765. The Balaban J connectivity index is 3.00. The summed E-state index contributed by atoms with van der Waals surface area (Å²) in [6.07, 6.45) is 0.154. The summed E-state index contributed by atoms with van der Waals surface area (Å²) in [5.74, 6) is -6.64. The molecule has 0 saturated carbocycles. The van der Waals surface area contributed by atoms with Crippen molar-refractivity contribution in [2.75, 3.05) is 12.3 Å². The first-order valence-corrected chi connectivity index (χ1v) is 11.8. The summed E-state index contributed by atoms with van der Waals surface area (Å²) in [6, 6.07) is -3.76. The average Bonchev–Trinajstić information content (AvgIpc) is 3.13. The molecule has 0 bridgehead atoms. The highest BCUT2D eigenvalue weighted by Gasteiger charge is 2.48. The van der Waals surface area contributed by atoms with Gasteiger partial charge in [0.15, 0.2) is 0 Å². The fourth-order valence-corrected chi connectivity index (χ4v) is 4.13. The molecule has 6 N–H and O–H groups in total. The van der Waals surface area contributed by atoms with Gasteiger partial charge in [0.25, 0.3) is 10.1 Å². The fourth-order valence-electron chi connectivity index (χ4n) is 3.34. The predicted octanol–water partition coefficient (Wildman–Crippen LogP) is -1.19. The maximum atomic E-state index is 13.1. The third kappa shape index (κ3) is 7.33. The lowest BCUT2D eigenvalue weighted by atomic mass is 9.96. The van der Waals surface area contributed by atoms with Gasteiger partial charge in [-0.2, -0.15) is 21.0 Å². The third-order valence-corrected chi connectivity index (χ3v) is 6.78. The zero-order valence-corrected chi connectivity index (χ0v) is 18.9. The maximum absolute atomic E-state index is 13.1. The Morgan fingerprint density at radius 1 is 1.23 bits per heavy atom. The molecule has 0 aromatic carbocycles. The summed E-state index contributed by atoms with van der Waals surface area (Å²) in [5, 5.41) is 20.0. The minimum atomic E-state index is -4.28. The second-order valence-corrected chi connectivity index (χ2v) is 9.73. The molecule has 1 aliphatic rings. The van der Waals surface area contributed by atoms with Crippen molar-refractivity contribution < 1.29 is 42.4 Å². The van der Waals surface area contributed by atoms with Crippen LogP contribution in [0.5, 0.6) is 0 Å². The highest BCUT2D eigenvalue weighted by atomic mass is 32.2. The van der Waals surface area contributed by atoms with Crippen molar-refractivity contribution in [2.24, 2.45) is 17.6 Å². The van der Waals surface area contributed by atoms with Crippen LogP contribution in [0.25, 0.3) is 0 Å². The number of likely N-dealkylation sites (tertiary alicyclic amines) is 1. The van der Waals surface area contributed by atoms with Gasteiger partial charge in [-0.15, -0.1) is 0 Å². The number of nitrogens with two attached hydrogens (primary N) is 1. The van der Waals surface area contributed by atoms with Gasteiger partial charge in [0.05, 0.1) is 16.9 Å². The van der Waals surface area contributed by atoms with Crippen LogP contribution in [-0.2, 0) is 29.3 Å². The molecule has 6 atom stereocenters. The van der Waals surface area contributed by atoms with Crippen LogP contribution in [0.4, 0.5) is 0 Å². The first kappa shape index (κ1) is 27.1. The number of aliphatic carboxylic acids is 2. The Hall–Kier alpha value is -1.90. The molecule has 0 aromatic rings. The molecule has 0 unspecified atom stereocenters. The molecule has 178 valence electrons. The summed E-state index contributed by atoms with van der Waals surface area (Å²) in [5.41, 5.74) is 5.77. The molecule has 1 aliphatic heterocycles. The molecule has 1 heterocycles. The summed E-state index contributed by atoms with van der Waals surface area (Å²) in [7, 11) is -4.28. The van der Waals surface area contributed by atoms with Crippen molar-refractivity contribution in [3.05, 3.63) is 0 Å². The number of thiol groups is 1.